The Morgan fingerprint density at radius 2 is 2.18 bits per heavy atom. The third-order valence-electron chi connectivity index (χ3n) is 4.41. The minimum atomic E-state index is -1.02. The van der Waals surface area contributed by atoms with E-state index in [4.69, 9.17) is 4.74 Å². The number of hydrogen-bond donors (Lipinski definition) is 2. The van der Waals surface area contributed by atoms with E-state index in [1.165, 1.54) is 24.3 Å². The van der Waals surface area contributed by atoms with Crippen LogP contribution in [0.15, 0.2) is 24.3 Å². The van der Waals surface area contributed by atoms with Crippen molar-refractivity contribution in [2.24, 2.45) is 11.3 Å². The van der Waals surface area contributed by atoms with Crippen molar-refractivity contribution in [2.45, 2.75) is 0 Å². The maximum Gasteiger partial charge on any atom is 0.313 e. The Kier molecular flexibility index (Phi) is 3.74. The molecule has 1 aromatic carbocycles. The van der Waals surface area contributed by atoms with Gasteiger partial charge in [-0.25, -0.2) is 4.39 Å². The van der Waals surface area contributed by atoms with Gasteiger partial charge in [0, 0.05) is 19.6 Å². The number of aliphatic carboxylic acids is 1. The Balaban J connectivity index is 1.59. The van der Waals surface area contributed by atoms with Crippen LogP contribution in [0.25, 0.3) is 0 Å². The molecule has 6 nitrogen and oxygen atoms in total. The molecule has 2 N–H and O–H groups in total. The summed E-state index contributed by atoms with van der Waals surface area (Å²) in [5.41, 5.74) is -1.02. The molecular weight excluding hydrogens is 291 g/mol. The van der Waals surface area contributed by atoms with E-state index in [1.54, 1.807) is 4.90 Å². The number of halogens is 1. The molecule has 2 atom stereocenters. The van der Waals surface area contributed by atoms with Crippen LogP contribution in [0.5, 0.6) is 5.75 Å². The van der Waals surface area contributed by atoms with Gasteiger partial charge in [-0.05, 0) is 24.3 Å². The lowest BCUT2D eigenvalue weighted by Gasteiger charge is -2.22. The maximum absolute atomic E-state index is 12.8. The minimum absolute atomic E-state index is 0.143. The predicted molar refractivity (Wildman–Crippen MR) is 74.9 cm³/mol. The van der Waals surface area contributed by atoms with E-state index in [9.17, 15) is 19.1 Å². The average Bonchev–Trinajstić information content (AvgIpc) is 3.02. The summed E-state index contributed by atoms with van der Waals surface area (Å²) >= 11 is 0. The summed E-state index contributed by atoms with van der Waals surface area (Å²) in [6.07, 6.45) is 0. The molecule has 118 valence electrons. The van der Waals surface area contributed by atoms with E-state index in [0.717, 1.165) is 0 Å². The van der Waals surface area contributed by atoms with E-state index in [2.05, 4.69) is 5.32 Å². The highest BCUT2D eigenvalue weighted by Gasteiger charge is 2.59. The molecular formula is C15H17FN2O4. The number of benzene rings is 1. The first-order valence-electron chi connectivity index (χ1n) is 7.14. The number of rotatable bonds is 5. The Morgan fingerprint density at radius 1 is 1.45 bits per heavy atom. The highest BCUT2D eigenvalue weighted by Crippen LogP contribution is 2.39. The lowest BCUT2D eigenvalue weighted by molar-refractivity contribution is -0.149. The third-order valence-corrected chi connectivity index (χ3v) is 4.41. The summed E-state index contributed by atoms with van der Waals surface area (Å²) in [7, 11) is 0. The summed E-state index contributed by atoms with van der Waals surface area (Å²) in [5, 5.41) is 12.4. The van der Waals surface area contributed by atoms with Crippen molar-refractivity contribution in [3.05, 3.63) is 30.1 Å². The van der Waals surface area contributed by atoms with E-state index >= 15 is 0 Å². The van der Waals surface area contributed by atoms with Gasteiger partial charge in [-0.3, -0.25) is 9.59 Å². The second-order valence-electron chi connectivity index (χ2n) is 5.71. The van der Waals surface area contributed by atoms with Crippen molar-refractivity contribution in [2.75, 3.05) is 32.8 Å². The number of carboxylic acids is 1. The molecule has 1 amide bonds. The quantitative estimate of drug-likeness (QED) is 0.820. The molecule has 2 aliphatic heterocycles. The van der Waals surface area contributed by atoms with Gasteiger partial charge in [-0.1, -0.05) is 0 Å². The number of carbonyl (C=O) groups is 2. The maximum atomic E-state index is 12.8. The molecule has 2 saturated heterocycles. The van der Waals surface area contributed by atoms with Crippen molar-refractivity contribution < 1.29 is 23.8 Å². The summed E-state index contributed by atoms with van der Waals surface area (Å²) < 4.78 is 18.2. The van der Waals surface area contributed by atoms with E-state index in [1.807, 2.05) is 0 Å². The summed E-state index contributed by atoms with van der Waals surface area (Å²) in [6, 6.07) is 5.62. The van der Waals surface area contributed by atoms with Gasteiger partial charge in [-0.15, -0.1) is 0 Å². The first-order chi connectivity index (χ1) is 10.5. The standard InChI is InChI=1S/C15H17FN2O4/c16-10-1-3-11(4-2-10)22-6-5-18-9-15(14(20)21)8-17-7-12(15)13(18)19/h1-4,12,17H,5-9H2,(H,20,21)/t12-,15-/m0/s1. The van der Waals surface area contributed by atoms with Crippen LogP contribution in [-0.2, 0) is 9.59 Å². The number of hydrogen-bond acceptors (Lipinski definition) is 4. The minimum Gasteiger partial charge on any atom is -0.492 e. The lowest BCUT2D eigenvalue weighted by atomic mass is 9.81. The smallest absolute Gasteiger partial charge is 0.313 e. The van der Waals surface area contributed by atoms with Crippen LogP contribution in [0.4, 0.5) is 4.39 Å². The predicted octanol–water partition coefficient (Wildman–Crippen LogP) is 0.337. The monoisotopic (exact) mass is 308 g/mol. The fraction of sp³-hybridized carbons (Fsp3) is 0.467. The molecule has 3 rings (SSSR count). The number of ether oxygens (including phenoxy) is 1. The highest BCUT2D eigenvalue weighted by atomic mass is 19.1. The van der Waals surface area contributed by atoms with Crippen molar-refractivity contribution in [1.29, 1.82) is 0 Å². The Labute approximate surface area is 126 Å². The number of carbonyl (C=O) groups excluding carboxylic acids is 1. The first-order valence-corrected chi connectivity index (χ1v) is 7.14. The van der Waals surface area contributed by atoms with Crippen LogP contribution in [0.3, 0.4) is 0 Å². The largest absolute Gasteiger partial charge is 0.492 e. The number of likely N-dealkylation sites (tertiary alicyclic amines) is 1. The fourth-order valence-corrected chi connectivity index (χ4v) is 3.17. The molecule has 7 heteroatoms. The molecule has 2 fully saturated rings. The third kappa shape index (κ3) is 2.41. The molecule has 0 saturated carbocycles. The average molecular weight is 308 g/mol. The van der Waals surface area contributed by atoms with Crippen LogP contribution >= 0.6 is 0 Å². The topological polar surface area (TPSA) is 78.9 Å². The zero-order valence-corrected chi connectivity index (χ0v) is 11.9. The zero-order valence-electron chi connectivity index (χ0n) is 11.9. The second kappa shape index (κ2) is 5.57. The lowest BCUT2D eigenvalue weighted by Crippen LogP contribution is -2.40. The number of carboxylic acid groups (broad SMARTS) is 1. The van der Waals surface area contributed by atoms with Crippen molar-refractivity contribution in [3.63, 3.8) is 0 Å². The Bertz CT molecular complexity index is 592. The van der Waals surface area contributed by atoms with E-state index in [0.29, 0.717) is 25.4 Å². The summed E-state index contributed by atoms with van der Waals surface area (Å²) in [4.78, 5) is 25.4. The molecule has 0 unspecified atom stereocenters. The van der Waals surface area contributed by atoms with Crippen LogP contribution in [0.1, 0.15) is 0 Å². The van der Waals surface area contributed by atoms with Gasteiger partial charge in [-0.2, -0.15) is 0 Å². The number of fused-ring (bicyclic) bond motifs is 1. The van der Waals surface area contributed by atoms with Gasteiger partial charge < -0.3 is 20.1 Å². The molecule has 1 aromatic rings. The van der Waals surface area contributed by atoms with Gasteiger partial charge in [0.25, 0.3) is 0 Å². The van der Waals surface area contributed by atoms with E-state index in [-0.39, 0.29) is 24.9 Å². The second-order valence-corrected chi connectivity index (χ2v) is 5.71. The van der Waals surface area contributed by atoms with Crippen LogP contribution in [-0.4, -0.2) is 54.7 Å². The summed E-state index contributed by atoms with van der Waals surface area (Å²) in [6.45, 7) is 1.48. The molecule has 0 radical (unpaired) electrons. The van der Waals surface area contributed by atoms with Gasteiger partial charge in [0.05, 0.1) is 12.5 Å². The Morgan fingerprint density at radius 3 is 2.82 bits per heavy atom. The Hall–Kier alpha value is -2.15. The fourth-order valence-electron chi connectivity index (χ4n) is 3.17. The molecule has 0 aliphatic carbocycles. The molecule has 0 aromatic heterocycles. The van der Waals surface area contributed by atoms with Crippen LogP contribution < -0.4 is 10.1 Å². The van der Waals surface area contributed by atoms with Gasteiger partial charge in [0.15, 0.2) is 0 Å². The van der Waals surface area contributed by atoms with Crippen molar-refractivity contribution >= 4 is 11.9 Å². The van der Waals surface area contributed by atoms with Gasteiger partial charge in [0.1, 0.15) is 23.6 Å². The molecule has 2 heterocycles. The number of amides is 1. The SMILES string of the molecule is O=C1[C@@H]2CNC[C@]2(C(=O)O)CN1CCOc1ccc(F)cc1. The molecule has 2 aliphatic rings. The number of nitrogens with zero attached hydrogens (tertiary/aromatic N) is 1. The number of nitrogens with one attached hydrogen (secondary N) is 1. The van der Waals surface area contributed by atoms with Gasteiger partial charge in [0.2, 0.25) is 5.91 Å². The molecule has 22 heavy (non-hydrogen) atoms. The van der Waals surface area contributed by atoms with E-state index < -0.39 is 17.3 Å². The highest BCUT2D eigenvalue weighted by molar-refractivity contribution is 5.92. The first kappa shape index (κ1) is 14.8. The molecule has 0 spiro atoms. The normalized spacial score (nSPS) is 27.0. The van der Waals surface area contributed by atoms with Gasteiger partial charge >= 0.3 is 5.97 Å². The van der Waals surface area contributed by atoms with Crippen molar-refractivity contribution in [3.8, 4) is 5.75 Å². The van der Waals surface area contributed by atoms with Crippen molar-refractivity contribution in [1.82, 2.24) is 10.2 Å². The zero-order chi connectivity index (χ0) is 15.7. The van der Waals surface area contributed by atoms with Crippen LogP contribution in [0, 0.1) is 17.2 Å². The summed E-state index contributed by atoms with van der Waals surface area (Å²) in [5.74, 6) is -1.41. The molecule has 0 bridgehead atoms. The van der Waals surface area contributed by atoms with Crippen LogP contribution in [0.2, 0.25) is 0 Å².